The fraction of sp³-hybridized carbons (Fsp3) is 0.456. The number of ether oxygens (including phenoxy) is 2. The summed E-state index contributed by atoms with van der Waals surface area (Å²) in [5, 5.41) is 96.0. The molecule has 0 saturated carbocycles. The van der Waals surface area contributed by atoms with E-state index in [2.05, 4.69) is 43.8 Å². The number of aliphatic carboxylic acids is 1. The number of carboxylic acids is 1. The van der Waals surface area contributed by atoms with Crippen molar-refractivity contribution >= 4 is 29.2 Å². The van der Waals surface area contributed by atoms with Crippen LogP contribution in [0.5, 0.6) is 11.5 Å². The maximum atomic E-state index is 13.7. The van der Waals surface area contributed by atoms with Crippen LogP contribution in [0.2, 0.25) is 0 Å². The average Bonchev–Trinajstić information content (AvgIpc) is 3.64. The monoisotopic (exact) mass is 1110 g/mol. The van der Waals surface area contributed by atoms with Gasteiger partial charge in [0.05, 0.1) is 17.6 Å². The minimum absolute atomic E-state index is 0.0542. The molecule has 23 nitrogen and oxygen atoms in total. The number of unbranched alkanes of at least 4 members (excludes halogenated alkanes) is 3. The molecule has 80 heavy (non-hydrogen) atoms. The van der Waals surface area contributed by atoms with E-state index < -0.39 is 79.2 Å². The number of carbonyl (C=O) groups excluding carboxylic acids is 2. The van der Waals surface area contributed by atoms with Gasteiger partial charge >= 0.3 is 11.9 Å². The summed E-state index contributed by atoms with van der Waals surface area (Å²) in [6, 6.07) is 11.5. The molecule has 0 radical (unpaired) electrons. The van der Waals surface area contributed by atoms with Crippen LogP contribution in [-0.4, -0.2) is 149 Å². The van der Waals surface area contributed by atoms with Crippen molar-refractivity contribution in [2.24, 2.45) is 17.4 Å². The normalized spacial score (nSPS) is 19.4. The third kappa shape index (κ3) is 16.8. The van der Waals surface area contributed by atoms with Crippen molar-refractivity contribution in [1.29, 1.82) is 0 Å². The van der Waals surface area contributed by atoms with Gasteiger partial charge in [-0.1, -0.05) is 61.6 Å². The molecule has 3 aliphatic rings. The van der Waals surface area contributed by atoms with Crippen molar-refractivity contribution in [3.8, 4) is 11.5 Å². The number of nitrogens with zero attached hydrogens (tertiary/aromatic N) is 1. The summed E-state index contributed by atoms with van der Waals surface area (Å²) in [4.78, 5) is 40.7. The Morgan fingerprint density at radius 2 is 1.52 bits per heavy atom. The Morgan fingerprint density at radius 1 is 0.812 bits per heavy atom. The SMILES string of the molecule is C=C(NC)C(O)NC(CCC(=O)O)C(O)NC(C=CC1C=CC=CC1)C(O)NC(CCCNC(N)N)C(O)NC(C=CCCCCCNC(=O)c1ccc2c(c1)C1(OC2=O)c2ccc(N)cc2Oc2cc(N(C)C)ccc21)C(O)O. The zero-order valence-electron chi connectivity index (χ0n) is 45.5. The van der Waals surface area contributed by atoms with E-state index in [4.69, 9.17) is 26.7 Å². The minimum atomic E-state index is -1.95. The van der Waals surface area contributed by atoms with E-state index >= 15 is 0 Å². The van der Waals surface area contributed by atoms with Gasteiger partial charge in [-0.15, -0.1) is 0 Å². The zero-order chi connectivity index (χ0) is 58.1. The van der Waals surface area contributed by atoms with Crippen molar-refractivity contribution < 1.29 is 59.6 Å². The number of nitrogen functional groups attached to an aromatic ring is 1. The van der Waals surface area contributed by atoms with E-state index in [1.165, 1.54) is 6.08 Å². The highest BCUT2D eigenvalue weighted by molar-refractivity contribution is 6.00. The van der Waals surface area contributed by atoms with Crippen molar-refractivity contribution in [2.75, 3.05) is 44.9 Å². The number of likely N-dealkylation sites (N-methyl/N-ethyl adjacent to an activating group) is 1. The second kappa shape index (κ2) is 29.8. The van der Waals surface area contributed by atoms with Crippen molar-refractivity contribution in [2.45, 2.75) is 125 Å². The molecule has 2 heterocycles. The molecule has 10 unspecified atom stereocenters. The van der Waals surface area contributed by atoms with Crippen LogP contribution in [0.1, 0.15) is 95.2 Å². The number of hydrogen-bond acceptors (Lipinski definition) is 21. The molecule has 0 aromatic heterocycles. The van der Waals surface area contributed by atoms with Crippen molar-refractivity contribution in [3.63, 3.8) is 0 Å². The number of fused-ring (bicyclic) bond motifs is 6. The molecule has 3 aromatic rings. The number of carbonyl (C=O) groups is 3. The van der Waals surface area contributed by atoms with E-state index in [9.17, 15) is 50.1 Å². The van der Waals surface area contributed by atoms with Gasteiger partial charge in [0.25, 0.3) is 5.91 Å². The summed E-state index contributed by atoms with van der Waals surface area (Å²) in [5.74, 6) is -1.13. The topological polar surface area (TPSA) is 377 Å². The van der Waals surface area contributed by atoms with Gasteiger partial charge in [-0.3, -0.25) is 36.2 Å². The molecule has 1 amide bonds. The molecular formula is C57H81N11O12. The highest BCUT2D eigenvalue weighted by atomic mass is 16.6. The third-order valence-electron chi connectivity index (χ3n) is 14.1. The summed E-state index contributed by atoms with van der Waals surface area (Å²) < 4.78 is 12.6. The van der Waals surface area contributed by atoms with E-state index in [0.717, 1.165) is 5.69 Å². The Labute approximate surface area is 466 Å². The van der Waals surface area contributed by atoms with E-state index in [1.807, 2.05) is 67.6 Å². The van der Waals surface area contributed by atoms with Crippen LogP contribution in [0.15, 0.2) is 115 Å². The van der Waals surface area contributed by atoms with Gasteiger partial charge in [0.2, 0.25) is 0 Å². The number of amides is 1. The molecule has 20 N–H and O–H groups in total. The first-order valence-electron chi connectivity index (χ1n) is 26.9. The number of anilines is 2. The number of carboxylic acid groups (broad SMARTS) is 1. The molecule has 10 atom stereocenters. The minimum Gasteiger partial charge on any atom is -0.481 e. The lowest BCUT2D eigenvalue weighted by molar-refractivity contribution is -0.137. The molecule has 3 aromatic carbocycles. The highest BCUT2D eigenvalue weighted by Crippen LogP contribution is 2.57. The predicted octanol–water partition coefficient (Wildman–Crippen LogP) is 1.02. The summed E-state index contributed by atoms with van der Waals surface area (Å²) >= 11 is 0. The summed E-state index contributed by atoms with van der Waals surface area (Å²) in [6.07, 6.45) is 9.10. The standard InChI is InChI=1S/C57H81N11O12/c1-33(61-2)49(71)64-44(26-27-48(69)70)53(75)66-43(25-18-34-14-9-8-10-15-34)52(74)65-42(17-13-29-63-56(59)60)51(73)67-45(54(76)77)16-11-6-5-7-12-28-62-50(72)35-19-22-38-41(30-35)57(80-55(38)78)39-23-20-36(58)31-46(39)79-47-32-37(68(3)4)21-24-40(47)57/h8-11,14,16,18-25,30-32,34,42-45,49,51-54,56,61,63-67,71,73-77H,1,5-7,12-13,15,17,26-29,58-60H2,2-4H3,(H,62,72)(H,69,70). The molecule has 0 fully saturated rings. The van der Waals surface area contributed by atoms with Gasteiger partial charge < -0.3 is 78.0 Å². The Kier molecular flexibility index (Phi) is 23.3. The largest absolute Gasteiger partial charge is 0.481 e. The van der Waals surface area contributed by atoms with Gasteiger partial charge in [-0.25, -0.2) is 4.79 Å². The summed E-state index contributed by atoms with van der Waals surface area (Å²) in [7, 11) is 5.36. The molecular weight excluding hydrogens is 1030 g/mol. The average molecular weight is 1110 g/mol. The van der Waals surface area contributed by atoms with Crippen molar-refractivity contribution in [3.05, 3.63) is 143 Å². The van der Waals surface area contributed by atoms with Crippen LogP contribution in [0, 0.1) is 5.92 Å². The van der Waals surface area contributed by atoms with Gasteiger partial charge in [0, 0.05) is 97.7 Å². The van der Waals surface area contributed by atoms with E-state index in [0.29, 0.717) is 96.6 Å². The lowest BCUT2D eigenvalue weighted by Crippen LogP contribution is -2.61. The zero-order valence-corrected chi connectivity index (χ0v) is 45.5. The lowest BCUT2D eigenvalue weighted by atomic mass is 9.77. The molecule has 1 spiro atoms. The number of rotatable bonds is 33. The van der Waals surface area contributed by atoms with Gasteiger partial charge in [0.1, 0.15) is 42.7 Å². The lowest BCUT2D eigenvalue weighted by Gasteiger charge is -2.37. The van der Waals surface area contributed by atoms with Gasteiger partial charge in [-0.05, 0) is 99.9 Å². The first kappa shape index (κ1) is 62.6. The second-order valence-electron chi connectivity index (χ2n) is 20.3. The van der Waals surface area contributed by atoms with E-state index in [-0.39, 0.29) is 36.8 Å². The number of benzene rings is 3. The number of nitrogens with one attached hydrogen (secondary N) is 7. The first-order chi connectivity index (χ1) is 38.2. The Morgan fingerprint density at radius 3 is 2.20 bits per heavy atom. The van der Waals surface area contributed by atoms with Crippen molar-refractivity contribution in [1.82, 2.24) is 37.2 Å². The molecule has 6 rings (SSSR count). The number of aliphatic hydroxyl groups is 6. The molecule has 2 aliphatic heterocycles. The van der Waals surface area contributed by atoms with Crippen LogP contribution in [0.25, 0.3) is 0 Å². The quantitative estimate of drug-likeness (QED) is 0.0133. The summed E-state index contributed by atoms with van der Waals surface area (Å²) in [5.41, 5.74) is 20.0. The molecule has 1 aliphatic carbocycles. The maximum absolute atomic E-state index is 13.7. The first-order valence-corrected chi connectivity index (χ1v) is 26.9. The van der Waals surface area contributed by atoms with Crippen LogP contribution < -0.4 is 64.1 Å². The van der Waals surface area contributed by atoms with Crippen LogP contribution in [-0.2, 0) is 15.1 Å². The molecule has 436 valence electrons. The number of aliphatic hydroxyl groups excluding tert-OH is 5. The Hall–Kier alpha value is -6.55. The smallest absolute Gasteiger partial charge is 0.340 e. The number of allylic oxidation sites excluding steroid dienone is 6. The molecule has 0 bridgehead atoms. The van der Waals surface area contributed by atoms with Crippen LogP contribution in [0.3, 0.4) is 0 Å². The number of esters is 1. The predicted molar refractivity (Wildman–Crippen MR) is 303 cm³/mol. The fourth-order valence-corrected chi connectivity index (χ4v) is 9.68. The Balaban J connectivity index is 1.06. The highest BCUT2D eigenvalue weighted by Gasteiger charge is 2.54. The maximum Gasteiger partial charge on any atom is 0.340 e. The van der Waals surface area contributed by atoms with Crippen LogP contribution in [0.4, 0.5) is 11.4 Å². The molecule has 23 heteroatoms. The number of hydrogen-bond donors (Lipinski definition) is 17. The van der Waals surface area contributed by atoms with E-state index in [1.54, 1.807) is 55.6 Å². The van der Waals surface area contributed by atoms with Gasteiger partial charge in [-0.2, -0.15) is 0 Å². The number of nitrogens with two attached hydrogens (primary N) is 3. The Bertz CT molecular complexity index is 2700. The van der Waals surface area contributed by atoms with Gasteiger partial charge in [0.15, 0.2) is 11.9 Å². The summed E-state index contributed by atoms with van der Waals surface area (Å²) in [6.45, 7) is 4.41. The second-order valence-corrected chi connectivity index (χ2v) is 20.3. The third-order valence-corrected chi connectivity index (χ3v) is 14.1. The fourth-order valence-electron chi connectivity index (χ4n) is 9.68. The van der Waals surface area contributed by atoms with Crippen LogP contribution >= 0.6 is 0 Å². The molecule has 0 saturated heterocycles.